The third-order valence-electron chi connectivity index (χ3n) is 6.67. The molecule has 0 saturated carbocycles. The summed E-state index contributed by atoms with van der Waals surface area (Å²) >= 11 is 0. The van der Waals surface area contributed by atoms with Crippen LogP contribution < -0.4 is 4.74 Å². The van der Waals surface area contributed by atoms with Crippen LogP contribution >= 0.6 is 0 Å². The molecule has 0 saturated heterocycles. The van der Waals surface area contributed by atoms with E-state index in [2.05, 4.69) is 4.98 Å². The summed E-state index contributed by atoms with van der Waals surface area (Å²) in [6.45, 7) is 4.81. The summed E-state index contributed by atoms with van der Waals surface area (Å²) in [6.07, 6.45) is 2.46. The first-order valence-corrected chi connectivity index (χ1v) is 14.3. The maximum absolute atomic E-state index is 14.4. The van der Waals surface area contributed by atoms with Crippen LogP contribution in [0.4, 0.5) is 9.18 Å². The number of carbonyl (C=O) groups is 1. The molecule has 1 atom stereocenters. The zero-order valence-electron chi connectivity index (χ0n) is 23.0. The predicted molar refractivity (Wildman–Crippen MR) is 152 cm³/mol. The number of rotatable bonds is 6. The number of fused-ring (bicyclic) bond motifs is 1. The maximum atomic E-state index is 14.4. The van der Waals surface area contributed by atoms with Gasteiger partial charge in [-0.2, -0.15) is 0 Å². The Kier molecular flexibility index (Phi) is 7.35. The van der Waals surface area contributed by atoms with Gasteiger partial charge in [0.05, 0.1) is 36.9 Å². The van der Waals surface area contributed by atoms with Gasteiger partial charge in [-0.15, -0.1) is 0 Å². The number of hydrogen-bond acceptors (Lipinski definition) is 7. The van der Waals surface area contributed by atoms with Gasteiger partial charge in [-0.3, -0.25) is 4.90 Å². The van der Waals surface area contributed by atoms with Gasteiger partial charge in [0.1, 0.15) is 17.2 Å². The van der Waals surface area contributed by atoms with Crippen LogP contribution in [-0.4, -0.2) is 65.4 Å². The van der Waals surface area contributed by atoms with Crippen LogP contribution in [0.15, 0.2) is 77.8 Å². The van der Waals surface area contributed by atoms with E-state index in [0.717, 1.165) is 3.97 Å². The summed E-state index contributed by atoms with van der Waals surface area (Å²) in [5.74, 6) is -0.0877. The molecule has 5 rings (SSSR count). The molecule has 9 nitrogen and oxygen atoms in total. The van der Waals surface area contributed by atoms with Crippen LogP contribution in [0, 0.1) is 5.82 Å². The van der Waals surface area contributed by atoms with Gasteiger partial charge in [-0.05, 0) is 74.4 Å². The smallest absolute Gasteiger partial charge is 0.411 e. The lowest BCUT2D eigenvalue weighted by Gasteiger charge is -2.27. The Morgan fingerprint density at radius 1 is 1.10 bits per heavy atom. The number of halogens is 1. The monoisotopic (exact) mass is 579 g/mol. The third kappa shape index (κ3) is 5.30. The molecule has 0 aliphatic carbocycles. The number of benzene rings is 2. The largest absolute Gasteiger partial charge is 0.496 e. The van der Waals surface area contributed by atoms with Crippen LogP contribution in [0.2, 0.25) is 0 Å². The summed E-state index contributed by atoms with van der Waals surface area (Å²) in [4.78, 5) is 18.8. The van der Waals surface area contributed by atoms with E-state index < -0.39 is 40.2 Å². The fourth-order valence-corrected chi connectivity index (χ4v) is 6.39. The Morgan fingerprint density at radius 3 is 2.49 bits per heavy atom. The Labute approximate surface area is 237 Å². The fraction of sp³-hybridized carbons (Fsp3) is 0.267. The number of pyridine rings is 1. The molecule has 0 spiro atoms. The number of nitrogens with zero attached hydrogens (tertiary/aromatic N) is 3. The first-order chi connectivity index (χ1) is 19.4. The minimum absolute atomic E-state index is 0.0145. The number of carbonyl (C=O) groups excluding carboxylic acids is 1. The topological polar surface area (TPSA) is 111 Å². The van der Waals surface area contributed by atoms with E-state index in [4.69, 9.17) is 9.47 Å². The van der Waals surface area contributed by atoms with Crippen molar-refractivity contribution in [3.05, 3.63) is 84.4 Å². The van der Waals surface area contributed by atoms with Crippen molar-refractivity contribution >= 4 is 32.7 Å². The van der Waals surface area contributed by atoms with E-state index in [0.29, 0.717) is 27.8 Å². The van der Waals surface area contributed by atoms with E-state index in [1.165, 1.54) is 48.5 Å². The van der Waals surface area contributed by atoms with Gasteiger partial charge in [0.25, 0.3) is 10.0 Å². The van der Waals surface area contributed by atoms with Crippen molar-refractivity contribution < 1.29 is 32.2 Å². The summed E-state index contributed by atoms with van der Waals surface area (Å²) in [6, 6.07) is 14.6. The number of aromatic nitrogens is 2. The van der Waals surface area contributed by atoms with E-state index in [-0.39, 0.29) is 22.8 Å². The summed E-state index contributed by atoms with van der Waals surface area (Å²) in [7, 11) is -2.73. The normalized spacial score (nSPS) is 15.7. The van der Waals surface area contributed by atoms with Gasteiger partial charge in [-0.25, -0.2) is 26.6 Å². The number of aliphatic hydroxyl groups excluding tert-OH is 1. The number of amides is 1. The van der Waals surface area contributed by atoms with Crippen molar-refractivity contribution in [2.45, 2.75) is 37.3 Å². The molecule has 0 fully saturated rings. The molecule has 11 heteroatoms. The molecule has 2 aromatic carbocycles. The summed E-state index contributed by atoms with van der Waals surface area (Å²) < 4.78 is 54.8. The Morgan fingerprint density at radius 2 is 1.83 bits per heavy atom. The number of aliphatic hydroxyl groups is 1. The zero-order chi connectivity index (χ0) is 29.5. The van der Waals surface area contributed by atoms with E-state index >= 15 is 0 Å². The molecule has 1 N–H and O–H groups in total. The van der Waals surface area contributed by atoms with Gasteiger partial charge in [0, 0.05) is 17.1 Å². The zero-order valence-corrected chi connectivity index (χ0v) is 23.9. The molecule has 0 bridgehead atoms. The quantitative estimate of drug-likeness (QED) is 0.339. The lowest BCUT2D eigenvalue weighted by atomic mass is 10.0. The molecular weight excluding hydrogens is 549 g/mol. The highest BCUT2D eigenvalue weighted by atomic mass is 32.2. The first kappa shape index (κ1) is 28.3. The van der Waals surface area contributed by atoms with Crippen molar-refractivity contribution in [3.8, 4) is 16.9 Å². The van der Waals surface area contributed by atoms with E-state index in [1.807, 2.05) is 0 Å². The summed E-state index contributed by atoms with van der Waals surface area (Å²) in [5, 5.41) is 10.5. The average Bonchev–Trinajstić information content (AvgIpc) is 3.55. The molecule has 3 heterocycles. The third-order valence-corrected chi connectivity index (χ3v) is 8.39. The molecule has 0 unspecified atom stereocenters. The van der Waals surface area contributed by atoms with Crippen molar-refractivity contribution in [3.63, 3.8) is 0 Å². The highest BCUT2D eigenvalue weighted by Gasteiger charge is 2.36. The van der Waals surface area contributed by atoms with Crippen LogP contribution in [0.1, 0.15) is 26.5 Å². The fourth-order valence-electron chi connectivity index (χ4n) is 4.88. The number of ether oxygens (including phenoxy) is 2. The molecule has 0 radical (unpaired) electrons. The molecular formula is C30H30FN3O6S. The first-order valence-electron chi connectivity index (χ1n) is 12.9. The molecule has 4 aromatic rings. The number of methoxy groups -OCH3 is 1. The van der Waals surface area contributed by atoms with Crippen LogP contribution in [0.3, 0.4) is 0 Å². The van der Waals surface area contributed by atoms with Crippen LogP contribution in [-0.2, 0) is 14.8 Å². The van der Waals surface area contributed by atoms with Gasteiger partial charge in [-0.1, -0.05) is 24.3 Å². The van der Waals surface area contributed by atoms with Crippen LogP contribution in [0.25, 0.3) is 27.7 Å². The molecule has 41 heavy (non-hydrogen) atoms. The highest BCUT2D eigenvalue weighted by molar-refractivity contribution is 7.90. The SMILES string of the molecule is COc1ccc(F)cc1-c1ccnc2c1cc(C1=C[C@@H](CO)N(C(=O)OC(C)(C)C)C1)n2S(=O)(=O)c1ccccc1. The predicted octanol–water partition coefficient (Wildman–Crippen LogP) is 5.08. The van der Waals surface area contributed by atoms with E-state index in [1.54, 1.807) is 57.2 Å². The molecule has 1 aliphatic rings. The van der Waals surface area contributed by atoms with Crippen LogP contribution in [0.5, 0.6) is 5.75 Å². The highest BCUT2D eigenvalue weighted by Crippen LogP contribution is 2.39. The van der Waals surface area contributed by atoms with E-state index in [9.17, 15) is 22.7 Å². The standard InChI is InChI=1S/C30H30FN3O6S/c1-30(2,3)40-29(36)33-17-19(14-21(33)18-35)26-16-25-23(24-15-20(31)10-11-27(24)39-4)12-13-32-28(25)34(26)41(37,38)22-8-6-5-7-9-22/h5-16,21,35H,17-18H2,1-4H3/t21-/m0/s1. The molecule has 1 amide bonds. The van der Waals surface area contributed by atoms with Crippen molar-refractivity contribution in [2.75, 3.05) is 20.3 Å². The second-order valence-corrected chi connectivity index (χ2v) is 12.4. The lowest BCUT2D eigenvalue weighted by molar-refractivity contribution is 0.0200. The second-order valence-electron chi connectivity index (χ2n) is 10.6. The molecule has 2 aromatic heterocycles. The van der Waals surface area contributed by atoms with Crippen molar-refractivity contribution in [1.29, 1.82) is 0 Å². The maximum Gasteiger partial charge on any atom is 0.411 e. The second kappa shape index (κ2) is 10.6. The van der Waals surface area contributed by atoms with Gasteiger partial charge in [0.2, 0.25) is 0 Å². The Bertz CT molecular complexity index is 1760. The Balaban J connectivity index is 1.75. The molecule has 214 valence electrons. The van der Waals surface area contributed by atoms with Crippen molar-refractivity contribution in [2.24, 2.45) is 0 Å². The average molecular weight is 580 g/mol. The van der Waals surface area contributed by atoms with Gasteiger partial charge in [0.15, 0.2) is 5.65 Å². The van der Waals surface area contributed by atoms with Crippen molar-refractivity contribution in [1.82, 2.24) is 13.9 Å². The molecule has 1 aliphatic heterocycles. The van der Waals surface area contributed by atoms with Gasteiger partial charge >= 0.3 is 6.09 Å². The van der Waals surface area contributed by atoms with Gasteiger partial charge < -0.3 is 14.6 Å². The minimum atomic E-state index is -4.19. The minimum Gasteiger partial charge on any atom is -0.496 e. The summed E-state index contributed by atoms with van der Waals surface area (Å²) in [5.41, 5.74) is 1.01. The lowest BCUT2D eigenvalue weighted by Crippen LogP contribution is -2.41. The number of hydrogen-bond donors (Lipinski definition) is 1. The Hall–Kier alpha value is -4.22.